The largest absolute Gasteiger partial charge is 0.573 e. The number of urea groups is 1. The van der Waals surface area contributed by atoms with Gasteiger partial charge in [0, 0.05) is 24.2 Å². The quantitative estimate of drug-likeness (QED) is 0.509. The molecule has 3 amide bonds. The fourth-order valence-corrected chi connectivity index (χ4v) is 2.85. The van der Waals surface area contributed by atoms with Gasteiger partial charge in [-0.3, -0.25) is 9.48 Å². The van der Waals surface area contributed by atoms with E-state index in [-0.39, 0.29) is 12.3 Å². The monoisotopic (exact) mass is 421 g/mol. The fourth-order valence-electron chi connectivity index (χ4n) is 2.85. The van der Waals surface area contributed by atoms with Gasteiger partial charge < -0.3 is 21.1 Å². The highest BCUT2D eigenvalue weighted by atomic mass is 19.4. The number of rotatable bonds is 7. The summed E-state index contributed by atoms with van der Waals surface area (Å²) in [4.78, 5) is 23.7. The number of hydrogen-bond donors (Lipinski definition) is 3. The Bertz CT molecular complexity index is 1050. The third-order valence-electron chi connectivity index (χ3n) is 4.06. The Morgan fingerprint density at radius 2 is 1.80 bits per heavy atom. The molecule has 0 bridgehead atoms. The van der Waals surface area contributed by atoms with Gasteiger partial charge in [-0.1, -0.05) is 18.2 Å². The lowest BCUT2D eigenvalue weighted by Crippen LogP contribution is -2.30. The van der Waals surface area contributed by atoms with Crippen LogP contribution in [-0.2, 0) is 6.54 Å². The molecule has 0 spiro atoms. The Kier molecular flexibility index (Phi) is 6.09. The minimum Gasteiger partial charge on any atom is -0.406 e. The molecule has 0 aliphatic rings. The predicted octanol–water partition coefficient (Wildman–Crippen LogP) is 3.25. The second-order valence-electron chi connectivity index (χ2n) is 6.26. The van der Waals surface area contributed by atoms with Crippen molar-refractivity contribution in [2.45, 2.75) is 19.3 Å². The first-order valence-corrected chi connectivity index (χ1v) is 8.89. The zero-order valence-corrected chi connectivity index (χ0v) is 15.6. The molecule has 3 rings (SSSR count). The van der Waals surface area contributed by atoms with E-state index in [4.69, 9.17) is 5.73 Å². The number of amides is 3. The minimum atomic E-state index is -4.78. The number of nitrogens with one attached hydrogen (secondary N) is 2. The number of benzene rings is 2. The van der Waals surface area contributed by atoms with Crippen molar-refractivity contribution in [2.75, 3.05) is 11.9 Å². The zero-order chi connectivity index (χ0) is 21.7. The van der Waals surface area contributed by atoms with E-state index < -0.39 is 18.3 Å². The van der Waals surface area contributed by atoms with E-state index in [1.54, 1.807) is 24.3 Å². The minimum absolute atomic E-state index is 0.273. The number of nitrogens with zero attached hydrogens (tertiary/aromatic N) is 2. The molecule has 8 nitrogen and oxygen atoms in total. The summed E-state index contributed by atoms with van der Waals surface area (Å²) in [7, 11) is 0. The molecule has 1 heterocycles. The van der Waals surface area contributed by atoms with Gasteiger partial charge in [-0.2, -0.15) is 5.10 Å². The molecule has 0 atom stereocenters. The number of fused-ring (bicyclic) bond motifs is 1. The highest BCUT2D eigenvalue weighted by Gasteiger charge is 2.30. The first-order valence-electron chi connectivity index (χ1n) is 8.89. The lowest BCUT2D eigenvalue weighted by atomic mass is 10.2. The molecule has 0 fully saturated rings. The summed E-state index contributed by atoms with van der Waals surface area (Å²) < 4.78 is 41.7. The van der Waals surface area contributed by atoms with Crippen LogP contribution < -0.4 is 21.1 Å². The summed E-state index contributed by atoms with van der Waals surface area (Å²) in [5.74, 6) is -0.974. The van der Waals surface area contributed by atoms with Gasteiger partial charge in [0.2, 0.25) is 0 Å². The van der Waals surface area contributed by atoms with Crippen LogP contribution in [0.5, 0.6) is 5.75 Å². The van der Waals surface area contributed by atoms with Crippen molar-refractivity contribution in [3.63, 3.8) is 0 Å². The Morgan fingerprint density at radius 3 is 2.47 bits per heavy atom. The second kappa shape index (κ2) is 8.72. The Hall–Kier alpha value is -3.76. The Balaban J connectivity index is 1.49. The van der Waals surface area contributed by atoms with Crippen molar-refractivity contribution >= 4 is 28.5 Å². The number of carbonyl (C=O) groups is 2. The van der Waals surface area contributed by atoms with Gasteiger partial charge in [0.05, 0.1) is 5.52 Å². The molecule has 1 aromatic heterocycles. The normalized spacial score (nSPS) is 11.3. The number of aromatic nitrogens is 2. The number of ether oxygens (including phenoxy) is 1. The van der Waals surface area contributed by atoms with Crippen LogP contribution in [0.2, 0.25) is 0 Å². The highest BCUT2D eigenvalue weighted by Crippen LogP contribution is 2.24. The second-order valence-corrected chi connectivity index (χ2v) is 6.26. The van der Waals surface area contributed by atoms with Crippen molar-refractivity contribution in [3.8, 4) is 5.75 Å². The number of carbonyl (C=O) groups excluding carboxylic acids is 2. The number of anilines is 1. The molecule has 30 heavy (non-hydrogen) atoms. The van der Waals surface area contributed by atoms with Crippen molar-refractivity contribution < 1.29 is 27.5 Å². The highest BCUT2D eigenvalue weighted by molar-refractivity contribution is 6.04. The Morgan fingerprint density at radius 1 is 1.10 bits per heavy atom. The van der Waals surface area contributed by atoms with Crippen LogP contribution >= 0.6 is 0 Å². The predicted molar refractivity (Wildman–Crippen MR) is 103 cm³/mol. The van der Waals surface area contributed by atoms with Crippen LogP contribution in [0.15, 0.2) is 48.5 Å². The summed E-state index contributed by atoms with van der Waals surface area (Å²) >= 11 is 0. The van der Waals surface area contributed by atoms with Crippen LogP contribution in [0, 0.1) is 0 Å². The van der Waals surface area contributed by atoms with Crippen LogP contribution in [0.25, 0.3) is 10.9 Å². The van der Waals surface area contributed by atoms with Crippen LogP contribution in [0.4, 0.5) is 23.7 Å². The fraction of sp³-hybridized carbons (Fsp3) is 0.211. The number of primary amides is 1. The number of nitrogens with two attached hydrogens (primary N) is 1. The van der Waals surface area contributed by atoms with Gasteiger partial charge in [0.25, 0.3) is 5.91 Å². The molecule has 3 aromatic rings. The topological polar surface area (TPSA) is 111 Å². The number of aryl methyl sites for hydroxylation is 1. The summed E-state index contributed by atoms with van der Waals surface area (Å²) in [5, 5.41) is 10.1. The lowest BCUT2D eigenvalue weighted by molar-refractivity contribution is -0.274. The standard InChI is InChI=1S/C19H18F3N5O3/c20-19(21,22)30-13-8-6-12(7-9-13)25-18(29)24-10-3-11-27-16(17(23)28)14-4-1-2-5-15(14)26-27/h1-2,4-9H,3,10-11H2,(H2,23,28)(H2,24,25,29). The number of halogens is 3. The maximum Gasteiger partial charge on any atom is 0.573 e. The zero-order valence-electron chi connectivity index (χ0n) is 15.6. The van der Waals surface area contributed by atoms with Crippen molar-refractivity contribution in [2.24, 2.45) is 5.73 Å². The Labute approximate surface area is 168 Å². The molecule has 0 saturated carbocycles. The summed E-state index contributed by atoms with van der Waals surface area (Å²) in [6, 6.07) is 11.4. The molecule has 4 N–H and O–H groups in total. The summed E-state index contributed by atoms with van der Waals surface area (Å²) in [6.45, 7) is 0.631. The SMILES string of the molecule is NC(=O)c1c2ccccc2nn1CCCNC(=O)Nc1ccc(OC(F)(F)F)cc1. The first kappa shape index (κ1) is 21.0. The van der Waals surface area contributed by atoms with E-state index in [1.165, 1.54) is 16.8 Å². The van der Waals surface area contributed by atoms with Crippen molar-refractivity contribution in [3.05, 3.63) is 54.2 Å². The van der Waals surface area contributed by atoms with Crippen LogP contribution in [0.3, 0.4) is 0 Å². The third-order valence-corrected chi connectivity index (χ3v) is 4.06. The van der Waals surface area contributed by atoms with Crippen LogP contribution in [-0.4, -0.2) is 34.6 Å². The molecular formula is C19H18F3N5O3. The van der Waals surface area contributed by atoms with Gasteiger partial charge in [0.1, 0.15) is 11.4 Å². The molecule has 0 aliphatic carbocycles. The first-order chi connectivity index (χ1) is 14.2. The molecule has 0 unspecified atom stereocenters. The van der Waals surface area contributed by atoms with Crippen molar-refractivity contribution in [1.82, 2.24) is 15.1 Å². The van der Waals surface area contributed by atoms with E-state index in [2.05, 4.69) is 20.5 Å². The van der Waals surface area contributed by atoms with Crippen molar-refractivity contribution in [1.29, 1.82) is 0 Å². The molecule has 0 saturated heterocycles. The third kappa shape index (κ3) is 5.40. The maximum absolute atomic E-state index is 12.1. The average Bonchev–Trinajstić information content (AvgIpc) is 3.04. The molecule has 11 heteroatoms. The lowest BCUT2D eigenvalue weighted by Gasteiger charge is -2.11. The maximum atomic E-state index is 12.1. The van der Waals surface area contributed by atoms with Gasteiger partial charge in [-0.15, -0.1) is 13.2 Å². The van der Waals surface area contributed by atoms with E-state index in [0.29, 0.717) is 35.2 Å². The molecule has 0 aliphatic heterocycles. The number of alkyl halides is 3. The number of hydrogen-bond acceptors (Lipinski definition) is 4. The smallest absolute Gasteiger partial charge is 0.406 e. The van der Waals surface area contributed by atoms with E-state index >= 15 is 0 Å². The molecular weight excluding hydrogens is 403 g/mol. The van der Waals surface area contributed by atoms with Gasteiger partial charge >= 0.3 is 12.4 Å². The molecule has 0 radical (unpaired) electrons. The summed E-state index contributed by atoms with van der Waals surface area (Å²) in [6.07, 6.45) is -4.30. The molecule has 158 valence electrons. The van der Waals surface area contributed by atoms with Crippen LogP contribution in [0.1, 0.15) is 16.9 Å². The van der Waals surface area contributed by atoms with Gasteiger partial charge in [0.15, 0.2) is 0 Å². The summed E-state index contributed by atoms with van der Waals surface area (Å²) in [5.41, 5.74) is 6.71. The molecule has 2 aromatic carbocycles. The average molecular weight is 421 g/mol. The van der Waals surface area contributed by atoms with Gasteiger partial charge in [-0.05, 0) is 36.8 Å². The van der Waals surface area contributed by atoms with E-state index in [1.807, 2.05) is 0 Å². The van der Waals surface area contributed by atoms with E-state index in [9.17, 15) is 22.8 Å². The van der Waals surface area contributed by atoms with E-state index in [0.717, 1.165) is 12.1 Å². The van der Waals surface area contributed by atoms with Gasteiger partial charge in [-0.25, -0.2) is 4.79 Å².